The Bertz CT molecular complexity index is 2370. The molecule has 12 nitrogen and oxygen atoms in total. The lowest BCUT2D eigenvalue weighted by Gasteiger charge is -2.49. The van der Waals surface area contributed by atoms with Crippen LogP contribution in [-0.4, -0.2) is 56.6 Å². The lowest BCUT2D eigenvalue weighted by molar-refractivity contribution is -0.136. The number of aromatic nitrogens is 2. The molecule has 16 heteroatoms. The Morgan fingerprint density at radius 3 is 2.52 bits per heavy atom. The molecule has 8 rings (SSSR count). The zero-order valence-electron chi connectivity index (χ0n) is 28.1. The molecule has 3 fully saturated rings. The van der Waals surface area contributed by atoms with Crippen molar-refractivity contribution in [3.63, 3.8) is 0 Å². The van der Waals surface area contributed by atoms with Crippen LogP contribution in [0.1, 0.15) is 36.8 Å². The van der Waals surface area contributed by atoms with Crippen LogP contribution in [-0.2, 0) is 26.2 Å². The quantitative estimate of drug-likeness (QED) is 0.167. The van der Waals surface area contributed by atoms with Crippen molar-refractivity contribution in [2.45, 2.75) is 32.6 Å². The van der Waals surface area contributed by atoms with Crippen molar-refractivity contribution < 1.29 is 33.8 Å². The summed E-state index contributed by atoms with van der Waals surface area (Å²) in [5.41, 5.74) is 6.85. The van der Waals surface area contributed by atoms with Gasteiger partial charge in [-0.3, -0.25) is 23.9 Å². The first kappa shape index (κ1) is 35.0. The number of hydrogen-bond acceptors (Lipinski definition) is 9. The van der Waals surface area contributed by atoms with Crippen LogP contribution < -0.4 is 15.4 Å². The fourth-order valence-electron chi connectivity index (χ4n) is 8.99. The molecule has 0 bridgehead atoms. The minimum atomic E-state index is -1.40. The number of phenolic OH excluding ortho intramolecular Hbond substituents is 1. The number of methoxy groups -OCH3 is 1. The number of carbonyl (C=O) groups is 5. The highest BCUT2D eigenvalue weighted by molar-refractivity contribution is 9.13. The Labute approximate surface area is 322 Å². The van der Waals surface area contributed by atoms with Crippen LogP contribution in [0.3, 0.4) is 0 Å². The van der Waals surface area contributed by atoms with E-state index in [9.17, 15) is 24.3 Å². The van der Waals surface area contributed by atoms with Gasteiger partial charge < -0.3 is 15.6 Å². The van der Waals surface area contributed by atoms with Gasteiger partial charge >= 0.3 is 6.03 Å². The third-order valence-electron chi connectivity index (χ3n) is 11.4. The molecule has 6 amide bonds. The van der Waals surface area contributed by atoms with Crippen LogP contribution in [0.5, 0.6) is 11.5 Å². The molecule has 2 aromatic heterocycles. The minimum absolute atomic E-state index is 0.0710. The zero-order chi connectivity index (χ0) is 37.3. The number of hydrogen-bond donors (Lipinski definition) is 2. The average molecular weight is 872 g/mol. The molecule has 52 heavy (non-hydrogen) atoms. The van der Waals surface area contributed by atoms with E-state index in [-0.39, 0.29) is 34.6 Å². The van der Waals surface area contributed by atoms with Crippen molar-refractivity contribution in [1.29, 1.82) is 0 Å². The number of halogens is 3. The molecule has 268 valence electrons. The second-order valence-electron chi connectivity index (χ2n) is 13.9. The van der Waals surface area contributed by atoms with Crippen molar-refractivity contribution in [2.75, 3.05) is 12.0 Å². The molecule has 2 aliphatic carbocycles. The number of primary amides is 1. The third kappa shape index (κ3) is 4.61. The Kier molecular flexibility index (Phi) is 8.07. The first-order valence-electron chi connectivity index (χ1n) is 16.3. The topological polar surface area (TPSA) is 165 Å². The average Bonchev–Trinajstić information content (AvgIpc) is 3.77. The molecule has 4 aromatic rings. The zero-order valence-corrected chi connectivity index (χ0v) is 32.8. The number of amides is 6. The number of thiophene rings is 1. The predicted octanol–water partition coefficient (Wildman–Crippen LogP) is 6.81. The number of fused-ring (bicyclic) bond motifs is 5. The fraction of sp³-hybridized carbons (Fsp3) is 0.333. The fourth-order valence-corrected chi connectivity index (χ4v) is 11.3. The normalized spacial score (nSPS) is 26.9. The van der Waals surface area contributed by atoms with Gasteiger partial charge in [0.25, 0.3) is 0 Å². The number of ether oxygens (including phenoxy) is 1. The largest absolute Gasteiger partial charge is 0.503 e. The van der Waals surface area contributed by atoms with Crippen LogP contribution in [0, 0.1) is 36.0 Å². The molecule has 2 saturated heterocycles. The van der Waals surface area contributed by atoms with E-state index >= 15 is 4.79 Å². The summed E-state index contributed by atoms with van der Waals surface area (Å²) in [4.78, 5) is 71.8. The van der Waals surface area contributed by atoms with Crippen molar-refractivity contribution in [1.82, 2.24) is 14.7 Å². The molecule has 0 radical (unpaired) electrons. The van der Waals surface area contributed by atoms with Gasteiger partial charge in [-0.05, 0) is 105 Å². The van der Waals surface area contributed by atoms with Gasteiger partial charge in [-0.1, -0.05) is 23.3 Å². The summed E-state index contributed by atoms with van der Waals surface area (Å²) in [6.45, 7) is 3.73. The molecule has 1 saturated carbocycles. The van der Waals surface area contributed by atoms with E-state index in [1.165, 1.54) is 28.0 Å². The Morgan fingerprint density at radius 2 is 1.83 bits per heavy atom. The van der Waals surface area contributed by atoms with E-state index < -0.39 is 64.7 Å². The highest BCUT2D eigenvalue weighted by Crippen LogP contribution is 2.65. The molecule has 0 spiro atoms. The summed E-state index contributed by atoms with van der Waals surface area (Å²) in [7, 11) is 3.07. The maximum Gasteiger partial charge on any atom is 0.328 e. The smallest absolute Gasteiger partial charge is 0.328 e. The summed E-state index contributed by atoms with van der Waals surface area (Å²) < 4.78 is 8.74. The summed E-state index contributed by atoms with van der Waals surface area (Å²) in [6.07, 6.45) is 2.06. The van der Waals surface area contributed by atoms with Crippen LogP contribution in [0.15, 0.2) is 50.9 Å². The van der Waals surface area contributed by atoms with E-state index in [1.807, 2.05) is 31.2 Å². The number of rotatable bonds is 4. The summed E-state index contributed by atoms with van der Waals surface area (Å²) >= 11 is 14.9. The molecular formula is C36H30Br2ClN5O7S. The molecule has 4 heterocycles. The van der Waals surface area contributed by atoms with Gasteiger partial charge in [-0.25, -0.2) is 9.69 Å². The lowest BCUT2D eigenvalue weighted by atomic mass is 9.51. The number of nitrogens with two attached hydrogens (primary N) is 1. The minimum Gasteiger partial charge on any atom is -0.503 e. The van der Waals surface area contributed by atoms with Crippen molar-refractivity contribution in [2.24, 2.45) is 41.9 Å². The van der Waals surface area contributed by atoms with Gasteiger partial charge in [0.2, 0.25) is 23.6 Å². The second kappa shape index (κ2) is 12.0. The number of nitrogens with zero attached hydrogens (tertiary/aromatic N) is 4. The molecule has 4 aliphatic rings. The highest BCUT2D eigenvalue weighted by Gasteiger charge is 2.68. The number of phenols is 1. The number of urea groups is 1. The summed E-state index contributed by atoms with van der Waals surface area (Å²) in [6, 6.07) is 7.86. The molecule has 2 aromatic carbocycles. The maximum absolute atomic E-state index is 15.1. The monoisotopic (exact) mass is 869 g/mol. The molecule has 2 aliphatic heterocycles. The van der Waals surface area contributed by atoms with E-state index in [4.69, 9.17) is 27.2 Å². The van der Waals surface area contributed by atoms with Gasteiger partial charge in [-0.2, -0.15) is 10.00 Å². The van der Waals surface area contributed by atoms with Crippen molar-refractivity contribution >= 4 is 100 Å². The van der Waals surface area contributed by atoms with Crippen LogP contribution in [0.4, 0.5) is 10.6 Å². The standard InChI is InChI=1S/C36H30Br2ClN5O7S/c1-13-17-9-14(39)5-8-23(17)52-30(13)21-12-24(42(3)41-21)43-32(47)20-10-18-15(6-7-16-25(18)33(48)44(31(16)46)35(40)50)26(36(20,2)34(43)49)19-11-22(51-4)29(45)28(38)27(19)37/h5-6,8-9,11-12,16,18,20,25-26,45H,7,10H2,1-4H3,(H2,40,50). The Morgan fingerprint density at radius 1 is 1.10 bits per heavy atom. The van der Waals surface area contributed by atoms with Crippen LogP contribution in [0.25, 0.3) is 20.7 Å². The van der Waals surface area contributed by atoms with Crippen molar-refractivity contribution in [3.05, 3.63) is 67.1 Å². The number of allylic oxidation sites excluding steroid dienone is 2. The van der Waals surface area contributed by atoms with E-state index in [1.54, 1.807) is 26.1 Å². The predicted molar refractivity (Wildman–Crippen MR) is 200 cm³/mol. The number of aromatic hydroxyl groups is 1. The number of anilines is 1. The van der Waals surface area contributed by atoms with Crippen LogP contribution >= 0.6 is 54.8 Å². The van der Waals surface area contributed by atoms with Gasteiger partial charge in [0.1, 0.15) is 11.5 Å². The van der Waals surface area contributed by atoms with E-state index in [0.29, 0.717) is 31.2 Å². The molecular weight excluding hydrogens is 842 g/mol. The highest BCUT2D eigenvalue weighted by atomic mass is 79.9. The lowest BCUT2D eigenvalue weighted by Crippen LogP contribution is -2.49. The Balaban J connectivity index is 1.29. The molecule has 6 atom stereocenters. The number of carbonyl (C=O) groups excluding carboxylic acids is 5. The van der Waals surface area contributed by atoms with E-state index in [0.717, 1.165) is 20.5 Å². The van der Waals surface area contributed by atoms with E-state index in [2.05, 4.69) is 31.9 Å². The van der Waals surface area contributed by atoms with Crippen LogP contribution in [0.2, 0.25) is 5.02 Å². The van der Waals surface area contributed by atoms with Gasteiger partial charge in [0.05, 0.1) is 39.6 Å². The van der Waals surface area contributed by atoms with Crippen molar-refractivity contribution in [3.8, 4) is 22.1 Å². The first-order chi connectivity index (χ1) is 24.6. The number of likely N-dealkylation sites (tertiary alicyclic amines) is 1. The van der Waals surface area contributed by atoms with Gasteiger partial charge in [0.15, 0.2) is 11.5 Å². The first-order valence-corrected chi connectivity index (χ1v) is 19.1. The van der Waals surface area contributed by atoms with Gasteiger partial charge in [-0.15, -0.1) is 11.3 Å². The SMILES string of the molecule is COc1cc(C2C3=CCC4C(=O)N(C(N)=O)C(=O)C4C3CC3C(=O)N(c4cc(-c5sc6ccc(Cl)cc6c5C)nn4C)C(=O)C32C)c(Br)c(Br)c1O. The second-order valence-corrected chi connectivity index (χ2v) is 16.9. The third-order valence-corrected chi connectivity index (χ3v) is 15.1. The maximum atomic E-state index is 15.1. The summed E-state index contributed by atoms with van der Waals surface area (Å²) in [5.74, 6) is -6.36. The number of aryl methyl sites for hydroxylation is 2. The Hall–Kier alpha value is -4.05. The molecule has 6 unspecified atom stereocenters. The molecule has 3 N–H and O–H groups in total. The summed E-state index contributed by atoms with van der Waals surface area (Å²) in [5, 5.41) is 17.2. The van der Waals surface area contributed by atoms with Gasteiger partial charge in [0, 0.05) is 33.2 Å². The number of benzene rings is 2. The number of imide groups is 4.